The van der Waals surface area contributed by atoms with Crippen LogP contribution in [0.5, 0.6) is 0 Å². The molecule has 1 atom stereocenters. The second-order valence-corrected chi connectivity index (χ2v) is 8.67. The molecule has 1 aliphatic heterocycles. The van der Waals surface area contributed by atoms with Gasteiger partial charge in [-0.3, -0.25) is 0 Å². The van der Waals surface area contributed by atoms with Gasteiger partial charge < -0.3 is 5.11 Å². The Hall–Kier alpha value is -0.900. The molecule has 3 rings (SSSR count). The summed E-state index contributed by atoms with van der Waals surface area (Å²) in [5.41, 5.74) is 2.34. The molecule has 1 heterocycles. The third kappa shape index (κ3) is 2.09. The van der Waals surface area contributed by atoms with Crippen LogP contribution in [0.15, 0.2) is 60.7 Å². The summed E-state index contributed by atoms with van der Waals surface area (Å²) in [7, 11) is 3.55. The van der Waals surface area contributed by atoms with E-state index in [1.807, 2.05) is 36.4 Å². The lowest BCUT2D eigenvalue weighted by Crippen LogP contribution is -2.43. The minimum absolute atomic E-state index is 0.170. The van der Waals surface area contributed by atoms with Crippen LogP contribution in [0, 0.1) is 0 Å². The van der Waals surface area contributed by atoms with E-state index < -0.39 is 10.9 Å². The molecule has 1 N–H and O–H groups in total. The summed E-state index contributed by atoms with van der Waals surface area (Å²) in [5.74, 6) is 0. The van der Waals surface area contributed by atoms with Gasteiger partial charge >= 0.3 is 0 Å². The molecule has 1 aliphatic rings. The van der Waals surface area contributed by atoms with Gasteiger partial charge in [0.05, 0.1) is 6.10 Å². The lowest BCUT2D eigenvalue weighted by atomic mass is 9.80. The highest BCUT2D eigenvalue weighted by Gasteiger charge is 2.55. The molecular weight excluding hydrogens is 284 g/mol. The molecule has 1 fully saturated rings. The van der Waals surface area contributed by atoms with Gasteiger partial charge in [-0.1, -0.05) is 82.3 Å². The zero-order chi connectivity index (χ0) is 14.2. The highest BCUT2D eigenvalue weighted by molar-refractivity contribution is 8.78. The highest BCUT2D eigenvalue weighted by Crippen LogP contribution is 2.64. The first kappa shape index (κ1) is 14.1. The van der Waals surface area contributed by atoms with Crippen molar-refractivity contribution in [3.8, 4) is 0 Å². The molecule has 20 heavy (non-hydrogen) atoms. The summed E-state index contributed by atoms with van der Waals surface area (Å²) in [4.78, 5) is 0. The number of hydrogen-bond donors (Lipinski definition) is 1. The molecule has 0 amide bonds. The van der Waals surface area contributed by atoms with Crippen LogP contribution in [0.3, 0.4) is 0 Å². The maximum atomic E-state index is 11.0. The molecule has 104 valence electrons. The minimum Gasteiger partial charge on any atom is -0.389 e. The Morgan fingerprint density at radius 2 is 1.25 bits per heavy atom. The fourth-order valence-electron chi connectivity index (χ4n) is 2.70. The number of aliphatic hydroxyl groups excluding tert-OH is 1. The largest absolute Gasteiger partial charge is 0.389 e. The van der Waals surface area contributed by atoms with Gasteiger partial charge in [0.1, 0.15) is 4.75 Å². The van der Waals surface area contributed by atoms with E-state index in [2.05, 4.69) is 38.1 Å². The van der Waals surface area contributed by atoms with E-state index >= 15 is 0 Å². The van der Waals surface area contributed by atoms with E-state index in [4.69, 9.17) is 0 Å². The zero-order valence-corrected chi connectivity index (χ0v) is 13.2. The van der Waals surface area contributed by atoms with Crippen molar-refractivity contribution in [2.75, 3.05) is 0 Å². The van der Waals surface area contributed by atoms with Gasteiger partial charge in [0.25, 0.3) is 0 Å². The maximum Gasteiger partial charge on any atom is 0.103 e. The smallest absolute Gasteiger partial charge is 0.103 e. The predicted molar refractivity (Wildman–Crippen MR) is 88.9 cm³/mol. The van der Waals surface area contributed by atoms with Crippen LogP contribution in [-0.4, -0.2) is 16.0 Å². The van der Waals surface area contributed by atoms with Gasteiger partial charge in [-0.05, 0) is 25.0 Å². The average molecular weight is 302 g/mol. The van der Waals surface area contributed by atoms with E-state index in [1.54, 1.807) is 21.6 Å². The molecule has 0 radical (unpaired) electrons. The summed E-state index contributed by atoms with van der Waals surface area (Å²) in [5, 5.41) is 11.0. The van der Waals surface area contributed by atoms with Crippen LogP contribution in [0.4, 0.5) is 0 Å². The Labute approximate surface area is 128 Å². The van der Waals surface area contributed by atoms with Crippen LogP contribution in [0.25, 0.3) is 0 Å². The molecule has 1 saturated heterocycles. The van der Waals surface area contributed by atoms with Crippen LogP contribution >= 0.6 is 21.6 Å². The summed E-state index contributed by atoms with van der Waals surface area (Å²) >= 11 is 0. The van der Waals surface area contributed by atoms with Crippen LogP contribution < -0.4 is 0 Å². The molecule has 1 unspecified atom stereocenters. The van der Waals surface area contributed by atoms with Crippen molar-refractivity contribution in [1.82, 2.24) is 0 Å². The van der Waals surface area contributed by atoms with Crippen molar-refractivity contribution in [1.29, 1.82) is 0 Å². The second-order valence-electron chi connectivity index (χ2n) is 5.64. The Balaban J connectivity index is 2.20. The molecule has 0 bridgehead atoms. The molecule has 0 spiro atoms. The molecule has 1 nitrogen and oxygen atoms in total. The molecule has 0 saturated carbocycles. The van der Waals surface area contributed by atoms with Crippen molar-refractivity contribution in [3.05, 3.63) is 71.8 Å². The summed E-state index contributed by atoms with van der Waals surface area (Å²) in [6.45, 7) is 4.23. The Morgan fingerprint density at radius 3 is 1.60 bits per heavy atom. The zero-order valence-electron chi connectivity index (χ0n) is 11.6. The predicted octanol–water partition coefficient (Wildman–Crippen LogP) is 4.46. The lowest BCUT2D eigenvalue weighted by molar-refractivity contribution is 0.116. The summed E-state index contributed by atoms with van der Waals surface area (Å²) < 4.78 is -0.562. The van der Waals surface area contributed by atoms with E-state index in [1.165, 1.54) is 11.1 Å². The number of benzene rings is 2. The fraction of sp³-hybridized carbons (Fsp3) is 0.294. The monoisotopic (exact) mass is 302 g/mol. The van der Waals surface area contributed by atoms with E-state index in [9.17, 15) is 5.11 Å². The lowest BCUT2D eigenvalue weighted by Gasteiger charge is -2.35. The minimum atomic E-state index is -0.435. The first-order valence-electron chi connectivity index (χ1n) is 6.73. The molecule has 0 aliphatic carbocycles. The second kappa shape index (κ2) is 5.14. The van der Waals surface area contributed by atoms with Gasteiger partial charge in [-0.25, -0.2) is 0 Å². The number of aliphatic hydroxyl groups is 1. The van der Waals surface area contributed by atoms with Crippen molar-refractivity contribution in [2.24, 2.45) is 0 Å². The normalized spacial score (nSPS) is 23.6. The standard InChI is InChI=1S/C17H18OS2/c1-16(2)15(18)17(20-19-16,13-9-5-3-6-10-13)14-11-7-4-8-12-14/h3-12,15,18H,1-2H3. The van der Waals surface area contributed by atoms with E-state index in [-0.39, 0.29) is 4.75 Å². The van der Waals surface area contributed by atoms with E-state index in [0.29, 0.717) is 0 Å². The summed E-state index contributed by atoms with van der Waals surface area (Å²) in [6, 6.07) is 20.7. The Kier molecular flexibility index (Phi) is 3.61. The number of hydrogen-bond acceptors (Lipinski definition) is 3. The highest BCUT2D eigenvalue weighted by atomic mass is 33.1. The first-order chi connectivity index (χ1) is 9.57. The van der Waals surface area contributed by atoms with Crippen molar-refractivity contribution < 1.29 is 5.11 Å². The molecular formula is C17H18OS2. The van der Waals surface area contributed by atoms with Gasteiger partial charge in [0.2, 0.25) is 0 Å². The van der Waals surface area contributed by atoms with E-state index in [0.717, 1.165) is 0 Å². The third-order valence-electron chi connectivity index (χ3n) is 3.84. The first-order valence-corrected chi connectivity index (χ1v) is 8.88. The fourth-order valence-corrected chi connectivity index (χ4v) is 6.41. The SMILES string of the molecule is CC1(C)SSC(c2ccccc2)(c2ccccc2)C1O. The van der Waals surface area contributed by atoms with Crippen LogP contribution in [-0.2, 0) is 4.75 Å². The molecule has 2 aromatic rings. The summed E-state index contributed by atoms with van der Waals surface area (Å²) in [6.07, 6.45) is -0.435. The average Bonchev–Trinajstić information content (AvgIpc) is 2.73. The Morgan fingerprint density at radius 1 is 0.800 bits per heavy atom. The van der Waals surface area contributed by atoms with Gasteiger partial charge in [0, 0.05) is 4.75 Å². The quantitative estimate of drug-likeness (QED) is 0.827. The third-order valence-corrected chi connectivity index (χ3v) is 7.86. The maximum absolute atomic E-state index is 11.0. The van der Waals surface area contributed by atoms with Crippen LogP contribution in [0.2, 0.25) is 0 Å². The topological polar surface area (TPSA) is 20.2 Å². The van der Waals surface area contributed by atoms with Crippen molar-refractivity contribution >= 4 is 21.6 Å². The Bertz CT molecular complexity index is 541. The van der Waals surface area contributed by atoms with Crippen LogP contribution in [0.1, 0.15) is 25.0 Å². The van der Waals surface area contributed by atoms with Gasteiger partial charge in [-0.2, -0.15) is 0 Å². The van der Waals surface area contributed by atoms with Gasteiger partial charge in [0.15, 0.2) is 0 Å². The van der Waals surface area contributed by atoms with Crippen molar-refractivity contribution in [2.45, 2.75) is 29.4 Å². The van der Waals surface area contributed by atoms with Crippen molar-refractivity contribution in [3.63, 3.8) is 0 Å². The molecule has 0 aromatic heterocycles. The molecule has 2 aromatic carbocycles. The van der Waals surface area contributed by atoms with Gasteiger partial charge in [-0.15, -0.1) is 0 Å². The molecule has 3 heteroatoms. The number of rotatable bonds is 2.